The second kappa shape index (κ2) is 4.73. The van der Waals surface area contributed by atoms with Gasteiger partial charge in [-0.05, 0) is 20.8 Å². The monoisotopic (exact) mass is 184 g/mol. The summed E-state index contributed by atoms with van der Waals surface area (Å²) in [5.74, 6) is 2.29. The predicted molar refractivity (Wildman–Crippen MR) is 51.0 cm³/mol. The molecule has 0 aromatic carbocycles. The Labute approximate surface area is 78.8 Å². The van der Waals surface area contributed by atoms with Gasteiger partial charge in [0.2, 0.25) is 0 Å². The molecule has 0 bridgehead atoms. The number of ether oxygens (including phenoxy) is 1. The van der Waals surface area contributed by atoms with Crippen molar-refractivity contribution in [1.29, 1.82) is 0 Å². The number of hydrogen-bond acceptors (Lipinski definition) is 3. The molecule has 1 amide bonds. The highest BCUT2D eigenvalue weighted by Gasteiger charge is 2.15. The Bertz CT molecular complexity index is 213. The Balaban J connectivity index is 3.72. The van der Waals surface area contributed by atoms with Crippen molar-refractivity contribution < 1.29 is 9.53 Å². The quantitative estimate of drug-likeness (QED) is 0.613. The standard InChI is InChI=1S/C9H16N2O2/c1-5-7(10)6-11-8(12)13-9(2,3)4/h1,7H,6,10H2,2-4H3,(H,11,12)/t7-/m1/s1. The van der Waals surface area contributed by atoms with E-state index in [4.69, 9.17) is 16.9 Å². The van der Waals surface area contributed by atoms with E-state index in [2.05, 4.69) is 11.2 Å². The summed E-state index contributed by atoms with van der Waals surface area (Å²) in [6, 6.07) is -0.465. The Hall–Kier alpha value is -1.21. The van der Waals surface area contributed by atoms with Gasteiger partial charge in [0.15, 0.2) is 0 Å². The minimum Gasteiger partial charge on any atom is -0.444 e. The molecule has 4 nitrogen and oxygen atoms in total. The lowest BCUT2D eigenvalue weighted by Crippen LogP contribution is -2.39. The van der Waals surface area contributed by atoms with Gasteiger partial charge in [-0.25, -0.2) is 4.79 Å². The van der Waals surface area contributed by atoms with Crippen LogP contribution in [0.25, 0.3) is 0 Å². The number of rotatable bonds is 2. The summed E-state index contributed by atoms with van der Waals surface area (Å²) in [6.45, 7) is 5.58. The SMILES string of the molecule is C#C[C@@H](N)CNC(=O)OC(C)(C)C. The molecule has 74 valence electrons. The third kappa shape index (κ3) is 7.16. The van der Waals surface area contributed by atoms with E-state index >= 15 is 0 Å². The minimum atomic E-state index is -0.502. The van der Waals surface area contributed by atoms with E-state index in [-0.39, 0.29) is 6.54 Å². The van der Waals surface area contributed by atoms with E-state index in [1.54, 1.807) is 20.8 Å². The Kier molecular flexibility index (Phi) is 4.29. The van der Waals surface area contributed by atoms with Crippen LogP contribution in [0, 0.1) is 12.3 Å². The number of alkyl carbamates (subject to hydrolysis) is 1. The molecule has 0 aliphatic rings. The number of hydrogen-bond donors (Lipinski definition) is 2. The lowest BCUT2D eigenvalue weighted by atomic mass is 10.2. The van der Waals surface area contributed by atoms with E-state index in [1.807, 2.05) is 0 Å². The van der Waals surface area contributed by atoms with Crippen LogP contribution < -0.4 is 11.1 Å². The smallest absolute Gasteiger partial charge is 0.407 e. The third-order valence-electron chi connectivity index (χ3n) is 1.08. The maximum absolute atomic E-state index is 11.0. The number of terminal acetylenes is 1. The van der Waals surface area contributed by atoms with Crippen molar-refractivity contribution in [1.82, 2.24) is 5.32 Å². The largest absolute Gasteiger partial charge is 0.444 e. The molecule has 0 aliphatic carbocycles. The topological polar surface area (TPSA) is 64.3 Å². The van der Waals surface area contributed by atoms with E-state index < -0.39 is 17.7 Å². The van der Waals surface area contributed by atoms with Gasteiger partial charge < -0.3 is 15.8 Å². The fraction of sp³-hybridized carbons (Fsp3) is 0.667. The highest BCUT2D eigenvalue weighted by Crippen LogP contribution is 2.05. The van der Waals surface area contributed by atoms with Crippen molar-refractivity contribution in [2.75, 3.05) is 6.54 Å². The summed E-state index contributed by atoms with van der Waals surface area (Å²) in [7, 11) is 0. The Morgan fingerprint density at radius 3 is 2.62 bits per heavy atom. The lowest BCUT2D eigenvalue weighted by Gasteiger charge is -2.19. The molecule has 0 aromatic rings. The molecular formula is C9H16N2O2. The number of carbonyl (C=O) groups is 1. The molecule has 0 saturated carbocycles. The van der Waals surface area contributed by atoms with Crippen LogP contribution in [0.1, 0.15) is 20.8 Å². The van der Waals surface area contributed by atoms with E-state index in [1.165, 1.54) is 0 Å². The molecule has 13 heavy (non-hydrogen) atoms. The summed E-state index contributed by atoms with van der Waals surface area (Å²) in [5, 5.41) is 2.46. The fourth-order valence-electron chi connectivity index (χ4n) is 0.566. The van der Waals surface area contributed by atoms with Crippen LogP contribution in [0.3, 0.4) is 0 Å². The van der Waals surface area contributed by atoms with Crippen LogP contribution in [0.5, 0.6) is 0 Å². The van der Waals surface area contributed by atoms with Gasteiger partial charge in [-0.1, -0.05) is 5.92 Å². The number of amides is 1. The normalized spacial score (nSPS) is 12.8. The summed E-state index contributed by atoms with van der Waals surface area (Å²) in [4.78, 5) is 11.0. The molecular weight excluding hydrogens is 168 g/mol. The van der Waals surface area contributed by atoms with Crippen LogP contribution in [-0.4, -0.2) is 24.3 Å². The van der Waals surface area contributed by atoms with Crippen molar-refractivity contribution in [3.63, 3.8) is 0 Å². The van der Waals surface area contributed by atoms with Crippen LogP contribution >= 0.6 is 0 Å². The average Bonchev–Trinajstić information content (AvgIpc) is 1.97. The minimum absolute atomic E-state index is 0.228. The molecule has 0 saturated heterocycles. The number of nitrogens with two attached hydrogens (primary N) is 1. The summed E-state index contributed by atoms with van der Waals surface area (Å²) in [6.07, 6.45) is 4.52. The molecule has 4 heteroatoms. The zero-order valence-corrected chi connectivity index (χ0v) is 8.26. The maximum atomic E-state index is 11.0. The van der Waals surface area contributed by atoms with Gasteiger partial charge in [0.25, 0.3) is 0 Å². The second-order valence-electron chi connectivity index (χ2n) is 3.66. The van der Waals surface area contributed by atoms with Crippen LogP contribution in [0.2, 0.25) is 0 Å². The first-order valence-corrected chi connectivity index (χ1v) is 4.03. The highest BCUT2D eigenvalue weighted by atomic mass is 16.6. The van der Waals surface area contributed by atoms with Crippen LogP contribution in [0.4, 0.5) is 4.79 Å². The molecule has 0 heterocycles. The van der Waals surface area contributed by atoms with Crippen molar-refractivity contribution in [3.05, 3.63) is 0 Å². The molecule has 1 atom stereocenters. The first-order chi connectivity index (χ1) is 5.85. The highest BCUT2D eigenvalue weighted by molar-refractivity contribution is 5.67. The maximum Gasteiger partial charge on any atom is 0.407 e. The third-order valence-corrected chi connectivity index (χ3v) is 1.08. The van der Waals surface area contributed by atoms with Gasteiger partial charge in [0, 0.05) is 6.54 Å². The van der Waals surface area contributed by atoms with Crippen molar-refractivity contribution in [2.45, 2.75) is 32.4 Å². The van der Waals surface area contributed by atoms with E-state index in [9.17, 15) is 4.79 Å². The van der Waals surface area contributed by atoms with Gasteiger partial charge in [-0.3, -0.25) is 0 Å². The van der Waals surface area contributed by atoms with Crippen molar-refractivity contribution >= 4 is 6.09 Å². The molecule has 0 unspecified atom stereocenters. The van der Waals surface area contributed by atoms with Crippen molar-refractivity contribution in [3.8, 4) is 12.3 Å². The van der Waals surface area contributed by atoms with Gasteiger partial charge in [-0.15, -0.1) is 6.42 Å². The molecule has 0 aromatic heterocycles. The van der Waals surface area contributed by atoms with Crippen molar-refractivity contribution in [2.24, 2.45) is 5.73 Å². The van der Waals surface area contributed by atoms with Crippen LogP contribution in [-0.2, 0) is 4.74 Å². The Morgan fingerprint density at radius 2 is 2.23 bits per heavy atom. The number of nitrogens with one attached hydrogen (secondary N) is 1. The average molecular weight is 184 g/mol. The van der Waals surface area contributed by atoms with Gasteiger partial charge in [0.1, 0.15) is 5.60 Å². The summed E-state index contributed by atoms with van der Waals surface area (Å²) < 4.78 is 4.96. The molecule has 3 N–H and O–H groups in total. The summed E-state index contributed by atoms with van der Waals surface area (Å²) >= 11 is 0. The molecule has 0 spiro atoms. The predicted octanol–water partition coefficient (Wildman–Crippen LogP) is 0.472. The first kappa shape index (κ1) is 11.8. The molecule has 0 radical (unpaired) electrons. The zero-order chi connectivity index (χ0) is 10.5. The van der Waals surface area contributed by atoms with E-state index in [0.717, 1.165) is 0 Å². The molecule has 0 aliphatic heterocycles. The lowest BCUT2D eigenvalue weighted by molar-refractivity contribution is 0.0527. The molecule has 0 rings (SSSR count). The fourth-order valence-corrected chi connectivity index (χ4v) is 0.566. The zero-order valence-electron chi connectivity index (χ0n) is 8.26. The number of carbonyl (C=O) groups excluding carboxylic acids is 1. The van der Waals surface area contributed by atoms with E-state index in [0.29, 0.717) is 0 Å². The van der Waals surface area contributed by atoms with Gasteiger partial charge in [-0.2, -0.15) is 0 Å². The van der Waals surface area contributed by atoms with Gasteiger partial charge >= 0.3 is 6.09 Å². The second-order valence-corrected chi connectivity index (χ2v) is 3.66. The molecule has 0 fully saturated rings. The summed E-state index contributed by atoms with van der Waals surface area (Å²) in [5.41, 5.74) is 4.88. The first-order valence-electron chi connectivity index (χ1n) is 4.03. The Morgan fingerprint density at radius 1 is 1.69 bits per heavy atom. The van der Waals surface area contributed by atoms with Crippen LogP contribution in [0.15, 0.2) is 0 Å². The van der Waals surface area contributed by atoms with Gasteiger partial charge in [0.05, 0.1) is 6.04 Å².